The molecule has 212 valence electrons. The molecule has 0 heterocycles. The summed E-state index contributed by atoms with van der Waals surface area (Å²) in [4.78, 5) is 0. The number of ether oxygens (including phenoxy) is 2. The molecular weight excluding hydrogens is 519 g/mol. The highest BCUT2D eigenvalue weighted by atomic mass is 19.4. The Balaban J connectivity index is 1.67. The summed E-state index contributed by atoms with van der Waals surface area (Å²) in [6.07, 6.45) is -15.1. The van der Waals surface area contributed by atoms with Gasteiger partial charge in [-0.05, 0) is 66.5 Å². The summed E-state index contributed by atoms with van der Waals surface area (Å²) in [7, 11) is 0. The maximum absolute atomic E-state index is 13.9. The van der Waals surface area contributed by atoms with E-state index < -0.39 is 42.9 Å². The van der Waals surface area contributed by atoms with E-state index in [1.165, 1.54) is 18.2 Å². The van der Waals surface area contributed by atoms with Crippen LogP contribution in [0.4, 0.5) is 30.7 Å². The Morgan fingerprint density at radius 3 is 2.26 bits per heavy atom. The van der Waals surface area contributed by atoms with Gasteiger partial charge in [0.25, 0.3) is 0 Å². The number of hydrogen-bond donors (Lipinski definition) is 2. The van der Waals surface area contributed by atoms with E-state index in [1.54, 1.807) is 12.1 Å². The van der Waals surface area contributed by atoms with Gasteiger partial charge in [-0.1, -0.05) is 44.5 Å². The van der Waals surface area contributed by atoms with Crippen LogP contribution in [0.1, 0.15) is 56.6 Å². The van der Waals surface area contributed by atoms with Crippen LogP contribution >= 0.6 is 0 Å². The fourth-order valence-electron chi connectivity index (χ4n) is 4.47. The highest BCUT2D eigenvalue weighted by Gasteiger charge is 2.54. The number of hydrogen-bond acceptors (Lipinski definition) is 4. The minimum Gasteiger partial charge on any atom is -0.457 e. The predicted molar refractivity (Wildman–Crippen MR) is 128 cm³/mol. The first-order chi connectivity index (χ1) is 17.7. The van der Waals surface area contributed by atoms with Gasteiger partial charge in [-0.3, -0.25) is 5.32 Å². The molecule has 0 spiro atoms. The summed E-state index contributed by atoms with van der Waals surface area (Å²) in [6, 6.07) is 13.2. The largest absolute Gasteiger partial charge is 0.457 e. The fourth-order valence-corrected chi connectivity index (χ4v) is 4.47. The van der Waals surface area contributed by atoms with E-state index in [0.29, 0.717) is 24.3 Å². The highest BCUT2D eigenvalue weighted by Crippen LogP contribution is 2.36. The third kappa shape index (κ3) is 8.07. The van der Waals surface area contributed by atoms with Crippen molar-refractivity contribution in [3.63, 3.8) is 0 Å². The molecule has 1 aliphatic rings. The van der Waals surface area contributed by atoms with E-state index >= 15 is 0 Å². The van der Waals surface area contributed by atoms with Crippen LogP contribution in [0.15, 0.2) is 48.5 Å². The molecule has 0 bridgehead atoms. The van der Waals surface area contributed by atoms with Crippen LogP contribution in [0.5, 0.6) is 11.5 Å². The van der Waals surface area contributed by atoms with E-state index in [2.05, 4.69) is 10.1 Å². The van der Waals surface area contributed by atoms with Crippen LogP contribution in [0.25, 0.3) is 0 Å². The summed E-state index contributed by atoms with van der Waals surface area (Å²) in [6.45, 7) is 3.67. The molecule has 0 aromatic heterocycles. The zero-order chi connectivity index (χ0) is 28.1. The first-order valence-corrected chi connectivity index (χ1v) is 12.4. The van der Waals surface area contributed by atoms with Crippen molar-refractivity contribution in [1.82, 2.24) is 5.32 Å². The SMILES string of the molecule is CC(C)c1cccc(Oc2cccc(CC(O)(NCC3CCCC(OC(F)(F)C(F)F)C3)C(F)(F)F)c2)c1. The van der Waals surface area contributed by atoms with Gasteiger partial charge in [-0.15, -0.1) is 0 Å². The number of nitrogens with one attached hydrogen (secondary N) is 1. The van der Waals surface area contributed by atoms with Crippen molar-refractivity contribution >= 4 is 0 Å². The smallest absolute Gasteiger partial charge is 0.431 e. The monoisotopic (exact) mass is 551 g/mol. The molecule has 2 aromatic rings. The second-order valence-electron chi connectivity index (χ2n) is 10.0. The molecule has 1 fully saturated rings. The van der Waals surface area contributed by atoms with Crippen LogP contribution in [0.3, 0.4) is 0 Å². The normalized spacial score (nSPS) is 20.5. The molecule has 1 saturated carbocycles. The van der Waals surface area contributed by atoms with E-state index in [9.17, 15) is 35.8 Å². The molecule has 2 N–H and O–H groups in total. The van der Waals surface area contributed by atoms with Crippen molar-refractivity contribution in [3.8, 4) is 11.5 Å². The van der Waals surface area contributed by atoms with Gasteiger partial charge in [0.2, 0.25) is 5.72 Å². The minimum absolute atomic E-state index is 0.0925. The number of alkyl halides is 7. The molecule has 11 heteroatoms. The Morgan fingerprint density at radius 2 is 1.63 bits per heavy atom. The summed E-state index contributed by atoms with van der Waals surface area (Å²) in [5.41, 5.74) is -2.14. The minimum atomic E-state index is -5.07. The second-order valence-corrected chi connectivity index (χ2v) is 10.0. The lowest BCUT2D eigenvalue weighted by Gasteiger charge is -2.36. The zero-order valence-electron chi connectivity index (χ0n) is 21.1. The van der Waals surface area contributed by atoms with Crippen LogP contribution in [0.2, 0.25) is 0 Å². The van der Waals surface area contributed by atoms with Crippen molar-refractivity contribution in [2.75, 3.05) is 6.54 Å². The Bertz CT molecular complexity index is 1050. The molecule has 0 radical (unpaired) electrons. The maximum atomic E-state index is 13.9. The van der Waals surface area contributed by atoms with Crippen LogP contribution in [-0.2, 0) is 11.2 Å². The van der Waals surface area contributed by atoms with E-state index in [1.807, 2.05) is 32.0 Å². The molecule has 1 aliphatic carbocycles. The third-order valence-electron chi connectivity index (χ3n) is 6.58. The molecule has 0 aliphatic heterocycles. The first kappa shape index (κ1) is 30.2. The van der Waals surface area contributed by atoms with E-state index in [-0.39, 0.29) is 30.9 Å². The van der Waals surface area contributed by atoms with Gasteiger partial charge in [-0.2, -0.15) is 22.0 Å². The zero-order valence-corrected chi connectivity index (χ0v) is 21.1. The topological polar surface area (TPSA) is 50.7 Å². The first-order valence-electron chi connectivity index (χ1n) is 12.4. The molecule has 3 unspecified atom stereocenters. The van der Waals surface area contributed by atoms with Gasteiger partial charge in [0.1, 0.15) is 11.5 Å². The van der Waals surface area contributed by atoms with Crippen molar-refractivity contribution in [1.29, 1.82) is 0 Å². The summed E-state index contributed by atoms with van der Waals surface area (Å²) < 4.78 is 103. The predicted octanol–water partition coefficient (Wildman–Crippen LogP) is 7.42. The Labute approximate surface area is 217 Å². The van der Waals surface area contributed by atoms with Crippen molar-refractivity contribution in [2.45, 2.75) is 82.4 Å². The lowest BCUT2D eigenvalue weighted by atomic mass is 9.86. The number of benzene rings is 2. The van der Waals surface area contributed by atoms with Gasteiger partial charge in [0.15, 0.2) is 0 Å². The van der Waals surface area contributed by atoms with Gasteiger partial charge in [0.05, 0.1) is 6.10 Å². The van der Waals surface area contributed by atoms with E-state index in [0.717, 1.165) is 5.56 Å². The molecule has 0 amide bonds. The summed E-state index contributed by atoms with van der Waals surface area (Å²) in [5.74, 6) is 0.479. The Kier molecular flexibility index (Phi) is 9.70. The van der Waals surface area contributed by atoms with Gasteiger partial charge < -0.3 is 14.6 Å². The highest BCUT2D eigenvalue weighted by molar-refractivity contribution is 5.37. The molecule has 3 atom stereocenters. The molecular formula is C27H32F7NO3. The fraction of sp³-hybridized carbons (Fsp3) is 0.556. The number of halogens is 7. The van der Waals surface area contributed by atoms with Crippen molar-refractivity contribution < 1.29 is 45.3 Å². The average molecular weight is 552 g/mol. The third-order valence-corrected chi connectivity index (χ3v) is 6.58. The Morgan fingerprint density at radius 1 is 0.974 bits per heavy atom. The molecule has 3 rings (SSSR count). The van der Waals surface area contributed by atoms with Crippen LogP contribution in [0, 0.1) is 5.92 Å². The molecule has 0 saturated heterocycles. The molecule has 2 aromatic carbocycles. The molecule has 4 nitrogen and oxygen atoms in total. The summed E-state index contributed by atoms with van der Waals surface area (Å²) >= 11 is 0. The average Bonchev–Trinajstić information content (AvgIpc) is 2.82. The standard InChI is InChI=1S/C27H32F7NO3/c1-17(2)20-8-5-10-22(14-20)37-21-9-3-6-18(12-21)15-25(36,27(32,33)34)35-16-19-7-4-11-23(13-19)38-26(30,31)24(28)29/h3,5-6,8-10,12,14,17,19,23-24,35-36H,4,7,11,13,15-16H2,1-2H3. The van der Waals surface area contributed by atoms with Crippen LogP contribution < -0.4 is 10.1 Å². The second kappa shape index (κ2) is 12.2. The maximum Gasteiger partial charge on any atom is 0.431 e. The summed E-state index contributed by atoms with van der Waals surface area (Å²) in [5, 5.41) is 12.8. The lowest BCUT2D eigenvalue weighted by Crippen LogP contribution is -2.59. The molecule has 38 heavy (non-hydrogen) atoms. The lowest BCUT2D eigenvalue weighted by molar-refractivity contribution is -0.322. The van der Waals surface area contributed by atoms with Gasteiger partial charge >= 0.3 is 18.7 Å². The number of rotatable bonds is 11. The number of aliphatic hydroxyl groups is 1. The Hall–Kier alpha value is -2.37. The van der Waals surface area contributed by atoms with Gasteiger partial charge in [-0.25, -0.2) is 8.78 Å². The van der Waals surface area contributed by atoms with Crippen molar-refractivity contribution in [2.24, 2.45) is 5.92 Å². The van der Waals surface area contributed by atoms with Gasteiger partial charge in [0, 0.05) is 13.0 Å². The van der Waals surface area contributed by atoms with Crippen molar-refractivity contribution in [3.05, 3.63) is 59.7 Å². The van der Waals surface area contributed by atoms with E-state index in [4.69, 9.17) is 4.74 Å². The van der Waals surface area contributed by atoms with Crippen LogP contribution in [-0.4, -0.2) is 42.2 Å². The quantitative estimate of drug-likeness (QED) is 0.226.